The molecular weight excluding hydrogens is 200 g/mol. The third kappa shape index (κ3) is 5.88. The number of unbranched alkanes of at least 4 members (excludes halogenated alkanes) is 2. The van der Waals surface area contributed by atoms with Crippen molar-refractivity contribution in [1.82, 2.24) is 0 Å². The van der Waals surface area contributed by atoms with Crippen molar-refractivity contribution in [3.63, 3.8) is 0 Å². The molecule has 15 heavy (non-hydrogen) atoms. The van der Waals surface area contributed by atoms with Gasteiger partial charge < -0.3 is 0 Å². The van der Waals surface area contributed by atoms with Gasteiger partial charge in [0.15, 0.2) is 0 Å². The van der Waals surface area contributed by atoms with Gasteiger partial charge in [-0.25, -0.2) is 0 Å². The van der Waals surface area contributed by atoms with Gasteiger partial charge >= 0.3 is 0 Å². The van der Waals surface area contributed by atoms with Crippen LogP contribution in [0.2, 0.25) is 0 Å². The zero-order valence-electron chi connectivity index (χ0n) is 9.87. The molecule has 0 heterocycles. The fraction of sp³-hybridized carbons (Fsp3) is 0.571. The summed E-state index contributed by atoms with van der Waals surface area (Å²) in [6, 6.07) is 8.52. The Morgan fingerprint density at radius 2 is 1.67 bits per heavy atom. The highest BCUT2D eigenvalue weighted by Crippen LogP contribution is 2.13. The van der Waals surface area contributed by atoms with Crippen LogP contribution in [0.15, 0.2) is 29.2 Å². The van der Waals surface area contributed by atoms with Gasteiger partial charge in [0.25, 0.3) is 0 Å². The lowest BCUT2D eigenvalue weighted by atomic mass is 10.0. The monoisotopic (exact) mass is 222 g/mol. The zero-order chi connectivity index (χ0) is 11.1. The number of thiol groups is 1. The predicted octanol–water partition coefficient (Wildman–Crippen LogP) is 4.73. The Balaban J connectivity index is 2.12. The summed E-state index contributed by atoms with van der Waals surface area (Å²) in [7, 11) is 0. The quantitative estimate of drug-likeness (QED) is 0.522. The summed E-state index contributed by atoms with van der Waals surface area (Å²) in [6.07, 6.45) is 6.64. The lowest BCUT2D eigenvalue weighted by molar-refractivity contribution is 0.527. The first kappa shape index (κ1) is 12.6. The van der Waals surface area contributed by atoms with E-state index in [-0.39, 0.29) is 0 Å². The number of rotatable bonds is 6. The van der Waals surface area contributed by atoms with Crippen LogP contribution in [0.1, 0.15) is 45.1 Å². The lowest BCUT2D eigenvalue weighted by Crippen LogP contribution is -1.89. The van der Waals surface area contributed by atoms with Gasteiger partial charge in [-0.05, 0) is 36.5 Å². The maximum absolute atomic E-state index is 4.28. The second kappa shape index (κ2) is 6.95. The highest BCUT2D eigenvalue weighted by Gasteiger charge is 1.96. The van der Waals surface area contributed by atoms with Crippen LogP contribution in [-0.4, -0.2) is 0 Å². The van der Waals surface area contributed by atoms with Gasteiger partial charge in [0, 0.05) is 4.90 Å². The van der Waals surface area contributed by atoms with Crippen molar-refractivity contribution >= 4 is 12.6 Å². The van der Waals surface area contributed by atoms with Crippen LogP contribution >= 0.6 is 12.6 Å². The van der Waals surface area contributed by atoms with E-state index in [2.05, 4.69) is 50.7 Å². The van der Waals surface area contributed by atoms with Crippen molar-refractivity contribution in [2.24, 2.45) is 5.92 Å². The Morgan fingerprint density at radius 1 is 1.00 bits per heavy atom. The van der Waals surface area contributed by atoms with E-state index >= 15 is 0 Å². The van der Waals surface area contributed by atoms with E-state index in [1.54, 1.807) is 0 Å². The molecule has 0 aromatic heterocycles. The molecular formula is C14H22S. The van der Waals surface area contributed by atoms with Gasteiger partial charge in [-0.1, -0.05) is 45.2 Å². The molecule has 1 rings (SSSR count). The SMILES string of the molecule is CC(C)CCCCCc1ccc(S)cc1. The highest BCUT2D eigenvalue weighted by molar-refractivity contribution is 7.80. The minimum Gasteiger partial charge on any atom is -0.143 e. The molecule has 0 radical (unpaired) electrons. The molecule has 0 spiro atoms. The average Bonchev–Trinajstić information content (AvgIpc) is 2.20. The van der Waals surface area contributed by atoms with Crippen LogP contribution < -0.4 is 0 Å². The predicted molar refractivity (Wildman–Crippen MR) is 70.7 cm³/mol. The van der Waals surface area contributed by atoms with Crippen LogP contribution in [0.4, 0.5) is 0 Å². The first-order chi connectivity index (χ1) is 7.18. The summed E-state index contributed by atoms with van der Waals surface area (Å²) >= 11 is 4.28. The fourth-order valence-electron chi connectivity index (χ4n) is 1.72. The van der Waals surface area contributed by atoms with Gasteiger partial charge in [-0.3, -0.25) is 0 Å². The first-order valence-corrected chi connectivity index (χ1v) is 6.41. The average molecular weight is 222 g/mol. The molecule has 0 amide bonds. The van der Waals surface area contributed by atoms with Crippen molar-refractivity contribution in [3.8, 4) is 0 Å². The summed E-state index contributed by atoms with van der Waals surface area (Å²) in [4.78, 5) is 1.05. The molecule has 1 aromatic rings. The van der Waals surface area contributed by atoms with Crippen molar-refractivity contribution < 1.29 is 0 Å². The number of hydrogen-bond donors (Lipinski definition) is 1. The van der Waals surface area contributed by atoms with Crippen molar-refractivity contribution in [1.29, 1.82) is 0 Å². The zero-order valence-corrected chi connectivity index (χ0v) is 10.8. The molecule has 0 fully saturated rings. The smallest absolute Gasteiger partial charge is 0.00401 e. The number of hydrogen-bond acceptors (Lipinski definition) is 1. The molecule has 84 valence electrons. The standard InChI is InChI=1S/C14H22S/c1-12(2)6-4-3-5-7-13-8-10-14(15)11-9-13/h8-12,15H,3-7H2,1-2H3. The molecule has 0 saturated heterocycles. The summed E-state index contributed by atoms with van der Waals surface area (Å²) in [6.45, 7) is 4.59. The van der Waals surface area contributed by atoms with Gasteiger partial charge in [0.2, 0.25) is 0 Å². The second-order valence-corrected chi connectivity index (χ2v) is 5.18. The van der Waals surface area contributed by atoms with Crippen LogP contribution in [0.25, 0.3) is 0 Å². The topological polar surface area (TPSA) is 0 Å². The van der Waals surface area contributed by atoms with Crippen molar-refractivity contribution in [2.75, 3.05) is 0 Å². The second-order valence-electron chi connectivity index (χ2n) is 4.66. The third-order valence-electron chi connectivity index (χ3n) is 2.68. The molecule has 0 aliphatic rings. The Hall–Kier alpha value is -0.430. The summed E-state index contributed by atoms with van der Waals surface area (Å²) in [5.41, 5.74) is 1.44. The first-order valence-electron chi connectivity index (χ1n) is 5.96. The molecule has 0 unspecified atom stereocenters. The molecule has 1 heteroatoms. The highest BCUT2D eigenvalue weighted by atomic mass is 32.1. The maximum Gasteiger partial charge on any atom is 0.00401 e. The van der Waals surface area contributed by atoms with Gasteiger partial charge in [0.05, 0.1) is 0 Å². The third-order valence-corrected chi connectivity index (χ3v) is 2.98. The van der Waals surface area contributed by atoms with Gasteiger partial charge in [0.1, 0.15) is 0 Å². The number of benzene rings is 1. The van der Waals surface area contributed by atoms with Crippen LogP contribution in [0.3, 0.4) is 0 Å². The molecule has 0 nitrogen and oxygen atoms in total. The molecule has 0 atom stereocenters. The summed E-state index contributed by atoms with van der Waals surface area (Å²) in [5.74, 6) is 0.855. The van der Waals surface area contributed by atoms with Crippen LogP contribution in [0, 0.1) is 5.92 Å². The van der Waals surface area contributed by atoms with E-state index in [0.717, 1.165) is 10.8 Å². The molecule has 0 bridgehead atoms. The van der Waals surface area contributed by atoms with Gasteiger partial charge in [-0.15, -0.1) is 12.6 Å². The molecule has 0 N–H and O–H groups in total. The molecule has 0 saturated carbocycles. The van der Waals surface area contributed by atoms with E-state index in [1.807, 2.05) is 0 Å². The molecule has 0 aliphatic heterocycles. The summed E-state index contributed by atoms with van der Waals surface area (Å²) < 4.78 is 0. The lowest BCUT2D eigenvalue weighted by Gasteiger charge is -2.04. The largest absolute Gasteiger partial charge is 0.143 e. The van der Waals surface area contributed by atoms with Crippen molar-refractivity contribution in [3.05, 3.63) is 29.8 Å². The van der Waals surface area contributed by atoms with Crippen molar-refractivity contribution in [2.45, 2.75) is 50.8 Å². The maximum atomic E-state index is 4.28. The summed E-state index contributed by atoms with van der Waals surface area (Å²) in [5, 5.41) is 0. The molecule has 1 aromatic carbocycles. The number of aryl methyl sites for hydroxylation is 1. The normalized spacial score (nSPS) is 10.9. The fourth-order valence-corrected chi connectivity index (χ4v) is 1.87. The van der Waals surface area contributed by atoms with Crippen LogP contribution in [0.5, 0.6) is 0 Å². The Morgan fingerprint density at radius 3 is 2.27 bits per heavy atom. The van der Waals surface area contributed by atoms with E-state index in [1.165, 1.54) is 37.7 Å². The van der Waals surface area contributed by atoms with E-state index in [9.17, 15) is 0 Å². The minimum absolute atomic E-state index is 0.855. The van der Waals surface area contributed by atoms with E-state index in [4.69, 9.17) is 0 Å². The molecule has 0 aliphatic carbocycles. The van der Waals surface area contributed by atoms with Crippen LogP contribution in [-0.2, 0) is 6.42 Å². The Bertz CT molecular complexity index is 261. The minimum atomic E-state index is 0.855. The Kier molecular flexibility index (Phi) is 5.85. The Labute approximate surface area is 99.5 Å². The van der Waals surface area contributed by atoms with Gasteiger partial charge in [-0.2, -0.15) is 0 Å². The van der Waals surface area contributed by atoms with E-state index in [0.29, 0.717) is 0 Å². The van der Waals surface area contributed by atoms with E-state index < -0.39 is 0 Å².